The maximum absolute atomic E-state index is 9.97. The molecule has 0 unspecified atom stereocenters. The first-order valence-electron chi connectivity index (χ1n) is 3.00. The Morgan fingerprint density at radius 3 is 2.44 bits per heavy atom. The second-order valence-corrected chi connectivity index (χ2v) is 2.95. The van der Waals surface area contributed by atoms with Crippen molar-refractivity contribution in [2.75, 3.05) is 5.75 Å². The highest BCUT2D eigenvalue weighted by Gasteiger charge is 1.86. The molecule has 0 aromatic rings. The van der Waals surface area contributed by atoms with Crippen molar-refractivity contribution in [1.82, 2.24) is 0 Å². The van der Waals surface area contributed by atoms with Crippen LogP contribution in [-0.2, 0) is 10.7 Å². The molecule has 0 saturated heterocycles. The second kappa shape index (κ2) is 5.82. The molecule has 3 heteroatoms. The Labute approximate surface area is 57.5 Å². The molecule has 0 amide bonds. The molecule has 0 heterocycles. The van der Waals surface area contributed by atoms with Gasteiger partial charge in [-0.2, -0.15) is 0 Å². The average Bonchev–Trinajstić information content (AvgIpc) is 1.80. The van der Waals surface area contributed by atoms with Crippen molar-refractivity contribution in [3.63, 3.8) is 0 Å². The summed E-state index contributed by atoms with van der Waals surface area (Å²) in [6.45, 7) is 3.53. The summed E-state index contributed by atoms with van der Waals surface area (Å²) in [5, 5.41) is 0. The van der Waals surface area contributed by atoms with Crippen LogP contribution in [-0.4, -0.2) is 14.2 Å². The second-order valence-electron chi connectivity index (χ2n) is 1.84. The van der Waals surface area contributed by atoms with Crippen molar-refractivity contribution in [3.8, 4) is 0 Å². The van der Waals surface area contributed by atoms with Crippen LogP contribution in [0, 0.1) is 0 Å². The zero-order valence-electron chi connectivity index (χ0n) is 5.38. The van der Waals surface area contributed by atoms with Gasteiger partial charge < -0.3 is 0 Å². The Balaban J connectivity index is 3.00. The molecule has 0 aliphatic rings. The van der Waals surface area contributed by atoms with Crippen LogP contribution < -0.4 is 0 Å². The Morgan fingerprint density at radius 1 is 1.33 bits per heavy atom. The van der Waals surface area contributed by atoms with Gasteiger partial charge in [0.15, 0.2) is 0 Å². The summed E-state index contributed by atoms with van der Waals surface area (Å²) >= 11 is 0. The average molecular weight is 148 g/mol. The van der Waals surface area contributed by atoms with Crippen LogP contribution in [0.1, 0.15) is 19.3 Å². The van der Waals surface area contributed by atoms with Gasteiger partial charge in [0.1, 0.15) is 10.7 Å². The Bertz CT molecular complexity index is 130. The zero-order chi connectivity index (χ0) is 7.11. The number of hydrogen-bond acceptors (Lipinski definition) is 2. The minimum atomic E-state index is -2.15. The molecule has 0 aromatic heterocycles. The van der Waals surface area contributed by atoms with E-state index in [4.69, 9.17) is 0 Å². The highest BCUT2D eigenvalue weighted by Crippen LogP contribution is 1.94. The van der Waals surface area contributed by atoms with E-state index in [1.807, 2.05) is 0 Å². The highest BCUT2D eigenvalue weighted by atomic mass is 32.2. The number of rotatable bonds is 5. The van der Waals surface area contributed by atoms with Gasteiger partial charge in [0.2, 0.25) is 0 Å². The molecule has 0 aliphatic carbocycles. The van der Waals surface area contributed by atoms with Crippen molar-refractivity contribution in [2.24, 2.45) is 0 Å². The lowest BCUT2D eigenvalue weighted by atomic mass is 10.2. The first kappa shape index (κ1) is 8.69. The van der Waals surface area contributed by atoms with E-state index in [1.54, 1.807) is 6.08 Å². The maximum Gasteiger partial charge on any atom is 0.140 e. The molecular weight excluding hydrogens is 136 g/mol. The van der Waals surface area contributed by atoms with Crippen LogP contribution in [0.3, 0.4) is 0 Å². The standard InChI is InChI=1S/C6H12O2S/c1-2-3-4-5-6-9(7)8/h2,9H,1,3-6H2. The van der Waals surface area contributed by atoms with Crippen LogP contribution in [0.25, 0.3) is 0 Å². The van der Waals surface area contributed by atoms with E-state index in [1.165, 1.54) is 0 Å². The molecule has 0 radical (unpaired) electrons. The molecule has 2 nitrogen and oxygen atoms in total. The molecule has 0 atom stereocenters. The number of allylic oxidation sites excluding steroid dienone is 1. The maximum atomic E-state index is 9.97. The highest BCUT2D eigenvalue weighted by molar-refractivity contribution is 7.72. The van der Waals surface area contributed by atoms with Crippen molar-refractivity contribution < 1.29 is 8.42 Å². The van der Waals surface area contributed by atoms with E-state index < -0.39 is 10.7 Å². The summed E-state index contributed by atoms with van der Waals surface area (Å²) in [6, 6.07) is 0. The first-order valence-corrected chi connectivity index (χ1v) is 4.36. The molecule has 54 valence electrons. The fourth-order valence-electron chi connectivity index (χ4n) is 0.530. The van der Waals surface area contributed by atoms with Gasteiger partial charge in [0.25, 0.3) is 0 Å². The van der Waals surface area contributed by atoms with Crippen LogP contribution in [0.4, 0.5) is 0 Å². The Hall–Kier alpha value is -0.310. The van der Waals surface area contributed by atoms with Crippen LogP contribution in [0.5, 0.6) is 0 Å². The lowest BCUT2D eigenvalue weighted by Crippen LogP contribution is -1.85. The Morgan fingerprint density at radius 2 is 2.00 bits per heavy atom. The zero-order valence-corrected chi connectivity index (χ0v) is 6.27. The minimum absolute atomic E-state index is 0.323. The third-order valence-electron chi connectivity index (χ3n) is 0.999. The van der Waals surface area contributed by atoms with Gasteiger partial charge in [-0.3, -0.25) is 0 Å². The fourth-order valence-corrected chi connectivity index (χ4v) is 1.01. The molecule has 0 fully saturated rings. The molecule has 0 bridgehead atoms. The molecular formula is C6H12O2S. The predicted molar refractivity (Wildman–Crippen MR) is 39.2 cm³/mol. The van der Waals surface area contributed by atoms with Crippen LogP contribution in [0.2, 0.25) is 0 Å². The summed E-state index contributed by atoms with van der Waals surface area (Å²) in [4.78, 5) is 0. The number of thiol groups is 1. The molecule has 0 aromatic carbocycles. The van der Waals surface area contributed by atoms with Crippen molar-refractivity contribution >= 4 is 10.7 Å². The third kappa shape index (κ3) is 7.69. The smallest absolute Gasteiger partial charge is 0.140 e. The molecule has 0 rings (SSSR count). The van der Waals surface area contributed by atoms with Gasteiger partial charge >= 0.3 is 0 Å². The normalized spacial score (nSPS) is 9.89. The molecule has 0 N–H and O–H groups in total. The largest absolute Gasteiger partial charge is 0.232 e. The topological polar surface area (TPSA) is 34.1 Å². The van der Waals surface area contributed by atoms with Gasteiger partial charge in [-0.25, -0.2) is 8.42 Å². The summed E-state index contributed by atoms with van der Waals surface area (Å²) in [7, 11) is -2.15. The summed E-state index contributed by atoms with van der Waals surface area (Å²) in [5.41, 5.74) is 0. The van der Waals surface area contributed by atoms with Gasteiger partial charge in [-0.15, -0.1) is 6.58 Å². The van der Waals surface area contributed by atoms with Crippen LogP contribution in [0.15, 0.2) is 12.7 Å². The van der Waals surface area contributed by atoms with E-state index >= 15 is 0 Å². The van der Waals surface area contributed by atoms with Gasteiger partial charge in [0.05, 0.1) is 0 Å². The van der Waals surface area contributed by atoms with E-state index in [0.29, 0.717) is 5.75 Å². The fraction of sp³-hybridized carbons (Fsp3) is 0.667. The van der Waals surface area contributed by atoms with Gasteiger partial charge in [-0.05, 0) is 19.3 Å². The predicted octanol–water partition coefficient (Wildman–Crippen LogP) is 0.954. The number of unbranched alkanes of at least 4 members (excludes halogenated alkanes) is 2. The van der Waals surface area contributed by atoms with Crippen molar-refractivity contribution in [1.29, 1.82) is 0 Å². The lowest BCUT2D eigenvalue weighted by Gasteiger charge is -1.88. The van der Waals surface area contributed by atoms with Gasteiger partial charge in [0, 0.05) is 5.75 Å². The van der Waals surface area contributed by atoms with Gasteiger partial charge in [-0.1, -0.05) is 6.08 Å². The SMILES string of the molecule is C=CCCCC[SH](=O)=O. The van der Waals surface area contributed by atoms with E-state index in [0.717, 1.165) is 19.3 Å². The van der Waals surface area contributed by atoms with Crippen molar-refractivity contribution in [2.45, 2.75) is 19.3 Å². The first-order chi connectivity index (χ1) is 4.27. The van der Waals surface area contributed by atoms with E-state index in [9.17, 15) is 8.42 Å². The molecule has 0 aliphatic heterocycles. The summed E-state index contributed by atoms with van der Waals surface area (Å²) in [5.74, 6) is 0.323. The van der Waals surface area contributed by atoms with E-state index in [-0.39, 0.29) is 0 Å². The van der Waals surface area contributed by atoms with Crippen molar-refractivity contribution in [3.05, 3.63) is 12.7 Å². The summed E-state index contributed by atoms with van der Waals surface area (Å²) < 4.78 is 19.9. The molecule has 0 saturated carbocycles. The molecule has 0 spiro atoms. The monoisotopic (exact) mass is 148 g/mol. The van der Waals surface area contributed by atoms with E-state index in [2.05, 4.69) is 6.58 Å². The Kier molecular flexibility index (Phi) is 5.62. The molecule has 9 heavy (non-hydrogen) atoms. The quantitative estimate of drug-likeness (QED) is 0.358. The van der Waals surface area contributed by atoms with Crippen LogP contribution >= 0.6 is 0 Å². The summed E-state index contributed by atoms with van der Waals surface area (Å²) in [6.07, 6.45) is 4.43. The lowest BCUT2D eigenvalue weighted by molar-refractivity contribution is 0.610. The minimum Gasteiger partial charge on any atom is -0.232 e. The number of hydrogen-bond donors (Lipinski definition) is 1. The third-order valence-corrected chi connectivity index (χ3v) is 1.68.